The molecule has 0 bridgehead atoms. The fraction of sp³-hybridized carbons (Fsp3) is 0.529. The van der Waals surface area contributed by atoms with E-state index < -0.39 is 6.04 Å². The molecule has 0 radical (unpaired) electrons. The van der Waals surface area contributed by atoms with Crippen molar-refractivity contribution in [2.24, 2.45) is 11.7 Å². The number of carbonyl (C=O) groups excluding carboxylic acids is 2. The van der Waals surface area contributed by atoms with E-state index in [1.807, 2.05) is 20.8 Å². The second-order valence-corrected chi connectivity index (χ2v) is 6.53. The first-order chi connectivity index (χ1) is 11.2. The van der Waals surface area contributed by atoms with Crippen LogP contribution in [0.1, 0.15) is 32.3 Å². The maximum Gasteiger partial charge on any atom is 0.236 e. The summed E-state index contributed by atoms with van der Waals surface area (Å²) in [7, 11) is 1.51. The molecule has 142 valence electrons. The fourth-order valence-corrected chi connectivity index (χ4v) is 2.34. The zero-order valence-corrected chi connectivity index (χ0v) is 16.6. The number of ether oxygens (including phenoxy) is 1. The van der Waals surface area contributed by atoms with Crippen LogP contribution in [0.4, 0.5) is 5.69 Å². The van der Waals surface area contributed by atoms with Gasteiger partial charge in [-0.05, 0) is 30.9 Å². The van der Waals surface area contributed by atoms with Crippen molar-refractivity contribution in [3.63, 3.8) is 0 Å². The van der Waals surface area contributed by atoms with E-state index in [0.717, 1.165) is 5.56 Å². The highest BCUT2D eigenvalue weighted by Gasteiger charge is 2.15. The molecule has 1 aromatic rings. The molecular weight excluding hydrogens is 365 g/mol. The summed E-state index contributed by atoms with van der Waals surface area (Å²) < 4.78 is 5.21. The third kappa shape index (κ3) is 7.94. The lowest BCUT2D eigenvalue weighted by Crippen LogP contribution is -2.42. The molecule has 0 saturated carbocycles. The SMILES string of the molecule is COc1cc(Cl)c(C)cc1NC(=O)CCNC(=O)[C@@H](N)CC(C)C.Cl. The van der Waals surface area contributed by atoms with Crippen molar-refractivity contribution in [1.82, 2.24) is 5.32 Å². The van der Waals surface area contributed by atoms with E-state index in [1.165, 1.54) is 7.11 Å². The van der Waals surface area contributed by atoms with E-state index in [0.29, 0.717) is 28.8 Å². The molecule has 0 fully saturated rings. The number of amides is 2. The fourth-order valence-electron chi connectivity index (χ4n) is 2.19. The van der Waals surface area contributed by atoms with Gasteiger partial charge in [0.25, 0.3) is 0 Å². The van der Waals surface area contributed by atoms with Crippen molar-refractivity contribution < 1.29 is 14.3 Å². The minimum absolute atomic E-state index is 0. The van der Waals surface area contributed by atoms with Crippen molar-refractivity contribution >= 4 is 41.5 Å². The van der Waals surface area contributed by atoms with E-state index in [1.54, 1.807) is 12.1 Å². The van der Waals surface area contributed by atoms with Gasteiger partial charge >= 0.3 is 0 Å². The summed E-state index contributed by atoms with van der Waals surface area (Å²) in [6.45, 7) is 6.07. The number of halogens is 2. The first-order valence-corrected chi connectivity index (χ1v) is 8.29. The molecule has 0 aromatic heterocycles. The van der Waals surface area contributed by atoms with Gasteiger partial charge in [0.2, 0.25) is 11.8 Å². The van der Waals surface area contributed by atoms with Gasteiger partial charge in [-0.3, -0.25) is 9.59 Å². The minimum atomic E-state index is -0.549. The summed E-state index contributed by atoms with van der Waals surface area (Å²) in [5.41, 5.74) is 7.17. The quantitative estimate of drug-likeness (QED) is 0.634. The number of nitrogens with two attached hydrogens (primary N) is 1. The molecule has 8 heteroatoms. The number of aryl methyl sites for hydroxylation is 1. The predicted molar refractivity (Wildman–Crippen MR) is 104 cm³/mol. The normalized spacial score (nSPS) is 11.5. The molecule has 4 N–H and O–H groups in total. The summed E-state index contributed by atoms with van der Waals surface area (Å²) >= 11 is 6.03. The molecule has 0 aliphatic carbocycles. The predicted octanol–water partition coefficient (Wildman–Crippen LogP) is 2.90. The molecule has 25 heavy (non-hydrogen) atoms. The van der Waals surface area contributed by atoms with Crippen molar-refractivity contribution in [3.05, 3.63) is 22.7 Å². The Bertz CT molecular complexity index is 595. The van der Waals surface area contributed by atoms with E-state index >= 15 is 0 Å². The lowest BCUT2D eigenvalue weighted by atomic mass is 10.0. The van der Waals surface area contributed by atoms with Crippen LogP contribution in [0.3, 0.4) is 0 Å². The van der Waals surface area contributed by atoms with E-state index in [-0.39, 0.29) is 37.2 Å². The third-order valence-corrected chi connectivity index (χ3v) is 3.88. The van der Waals surface area contributed by atoms with Gasteiger partial charge in [0, 0.05) is 24.1 Å². The van der Waals surface area contributed by atoms with Crippen molar-refractivity contribution in [3.8, 4) is 5.75 Å². The van der Waals surface area contributed by atoms with Gasteiger partial charge in [-0.15, -0.1) is 12.4 Å². The average Bonchev–Trinajstić information content (AvgIpc) is 2.49. The second-order valence-electron chi connectivity index (χ2n) is 6.13. The number of nitrogens with one attached hydrogen (secondary N) is 2. The Balaban J connectivity index is 0.00000576. The van der Waals surface area contributed by atoms with Crippen molar-refractivity contribution in [2.75, 3.05) is 19.0 Å². The van der Waals surface area contributed by atoms with Crippen LogP contribution in [0.25, 0.3) is 0 Å². The third-order valence-electron chi connectivity index (χ3n) is 3.47. The van der Waals surface area contributed by atoms with Gasteiger partial charge < -0.3 is 21.1 Å². The van der Waals surface area contributed by atoms with Gasteiger partial charge in [-0.25, -0.2) is 0 Å². The lowest BCUT2D eigenvalue weighted by Gasteiger charge is -2.15. The van der Waals surface area contributed by atoms with Crippen LogP contribution in [-0.4, -0.2) is 31.5 Å². The van der Waals surface area contributed by atoms with Crippen molar-refractivity contribution in [1.29, 1.82) is 0 Å². The summed E-state index contributed by atoms with van der Waals surface area (Å²) in [4.78, 5) is 23.8. The Labute approximate surface area is 160 Å². The average molecular weight is 392 g/mol. The van der Waals surface area contributed by atoms with E-state index in [2.05, 4.69) is 10.6 Å². The monoisotopic (exact) mass is 391 g/mol. The first-order valence-electron chi connectivity index (χ1n) is 7.91. The van der Waals surface area contributed by atoms with Crippen molar-refractivity contribution in [2.45, 2.75) is 39.7 Å². The zero-order valence-electron chi connectivity index (χ0n) is 15.0. The van der Waals surface area contributed by atoms with Crippen LogP contribution in [-0.2, 0) is 9.59 Å². The Morgan fingerprint density at radius 3 is 2.52 bits per heavy atom. The molecule has 1 aromatic carbocycles. The Kier molecular flexibility index (Phi) is 10.5. The van der Waals surface area contributed by atoms with Gasteiger partial charge in [0.1, 0.15) is 5.75 Å². The van der Waals surface area contributed by atoms with Gasteiger partial charge in [-0.1, -0.05) is 25.4 Å². The maximum absolute atomic E-state index is 12.0. The maximum atomic E-state index is 12.0. The smallest absolute Gasteiger partial charge is 0.236 e. The number of hydrogen-bond donors (Lipinski definition) is 3. The van der Waals surface area contributed by atoms with Crippen LogP contribution in [0, 0.1) is 12.8 Å². The number of anilines is 1. The van der Waals surface area contributed by atoms with Gasteiger partial charge in [-0.2, -0.15) is 0 Å². The molecule has 0 unspecified atom stereocenters. The Hall–Kier alpha value is -1.50. The highest BCUT2D eigenvalue weighted by atomic mass is 35.5. The Morgan fingerprint density at radius 1 is 1.32 bits per heavy atom. The molecule has 1 atom stereocenters. The van der Waals surface area contributed by atoms with E-state index in [4.69, 9.17) is 22.1 Å². The highest BCUT2D eigenvalue weighted by Crippen LogP contribution is 2.30. The molecular formula is C17H27Cl2N3O3. The summed E-state index contributed by atoms with van der Waals surface area (Å²) in [6, 6.07) is 2.85. The highest BCUT2D eigenvalue weighted by molar-refractivity contribution is 6.31. The van der Waals surface area contributed by atoms with Crippen LogP contribution in [0.5, 0.6) is 5.75 Å². The molecule has 0 saturated heterocycles. The van der Waals surface area contributed by atoms with Gasteiger partial charge in [0.05, 0.1) is 18.8 Å². The zero-order chi connectivity index (χ0) is 18.3. The summed E-state index contributed by atoms with van der Waals surface area (Å²) in [5, 5.41) is 6.00. The van der Waals surface area contributed by atoms with Crippen LogP contribution in [0.2, 0.25) is 5.02 Å². The molecule has 0 aliphatic rings. The lowest BCUT2D eigenvalue weighted by molar-refractivity contribution is -0.122. The number of hydrogen-bond acceptors (Lipinski definition) is 4. The molecule has 0 heterocycles. The van der Waals surface area contributed by atoms with Crippen LogP contribution < -0.4 is 21.1 Å². The summed E-state index contributed by atoms with van der Waals surface area (Å²) in [6.07, 6.45) is 0.754. The number of benzene rings is 1. The van der Waals surface area contributed by atoms with Crippen LogP contribution in [0.15, 0.2) is 12.1 Å². The number of rotatable bonds is 8. The molecule has 2 amide bonds. The molecule has 0 spiro atoms. The summed E-state index contributed by atoms with van der Waals surface area (Å²) in [5.74, 6) is 0.362. The Morgan fingerprint density at radius 2 is 1.96 bits per heavy atom. The molecule has 1 rings (SSSR count). The first kappa shape index (κ1) is 23.5. The number of carbonyl (C=O) groups is 2. The number of methoxy groups -OCH3 is 1. The molecule has 6 nitrogen and oxygen atoms in total. The molecule has 0 aliphatic heterocycles. The largest absolute Gasteiger partial charge is 0.495 e. The van der Waals surface area contributed by atoms with Gasteiger partial charge in [0.15, 0.2) is 0 Å². The van der Waals surface area contributed by atoms with Crippen LogP contribution >= 0.6 is 24.0 Å². The van der Waals surface area contributed by atoms with E-state index in [9.17, 15) is 9.59 Å². The minimum Gasteiger partial charge on any atom is -0.495 e. The second kappa shape index (κ2) is 11.2. The topological polar surface area (TPSA) is 93.5 Å². The standard InChI is InChI=1S/C17H26ClN3O3.ClH/c1-10(2)7-13(19)17(23)20-6-5-16(22)21-14-8-11(3)12(18)9-15(14)24-4;/h8-10,13H,5-7,19H2,1-4H3,(H,20,23)(H,21,22);1H/t13-;/m0./s1.